The molecule has 0 aliphatic heterocycles. The molecule has 2 aromatic rings. The third-order valence-electron chi connectivity index (χ3n) is 4.46. The molecular weight excluding hydrogens is 416 g/mol. The maximum absolute atomic E-state index is 14.3. The van der Waals surface area contributed by atoms with Crippen molar-refractivity contribution in [3.8, 4) is 5.75 Å². The summed E-state index contributed by atoms with van der Waals surface area (Å²) in [4.78, 5) is 28.8. The molecule has 1 unspecified atom stereocenters. The minimum atomic E-state index is -4.55. The van der Waals surface area contributed by atoms with Gasteiger partial charge in [-0.05, 0) is 43.7 Å². The Morgan fingerprint density at radius 3 is 2.39 bits per heavy atom. The summed E-state index contributed by atoms with van der Waals surface area (Å²) in [5.41, 5.74) is 1.61. The Kier molecular flexibility index (Phi) is 7.75. The largest absolute Gasteiger partial charge is 0.484 e. The zero-order chi connectivity index (χ0) is 23.3. The number of hydrogen-bond acceptors (Lipinski definition) is 4. The van der Waals surface area contributed by atoms with Crippen molar-refractivity contribution in [1.29, 1.82) is 0 Å². The number of benzene rings is 1. The lowest BCUT2D eigenvalue weighted by molar-refractivity contribution is -0.153. The number of amides is 1. The van der Waals surface area contributed by atoms with Gasteiger partial charge in [-0.1, -0.05) is 13.8 Å². The van der Waals surface area contributed by atoms with Crippen molar-refractivity contribution < 1.29 is 31.9 Å². The van der Waals surface area contributed by atoms with Gasteiger partial charge < -0.3 is 10.1 Å². The van der Waals surface area contributed by atoms with Crippen molar-refractivity contribution in [3.63, 3.8) is 0 Å². The van der Waals surface area contributed by atoms with Gasteiger partial charge in [-0.25, -0.2) is 4.39 Å². The molecule has 31 heavy (non-hydrogen) atoms. The van der Waals surface area contributed by atoms with Gasteiger partial charge in [-0.3, -0.25) is 14.6 Å². The van der Waals surface area contributed by atoms with Crippen LogP contribution in [0.5, 0.6) is 5.75 Å². The van der Waals surface area contributed by atoms with E-state index in [4.69, 9.17) is 0 Å². The van der Waals surface area contributed by atoms with Crippen molar-refractivity contribution in [3.05, 3.63) is 58.7 Å². The molecule has 1 amide bonds. The van der Waals surface area contributed by atoms with Crippen molar-refractivity contribution in [2.45, 2.75) is 46.3 Å². The number of rotatable bonds is 8. The first kappa shape index (κ1) is 24.3. The molecule has 0 aliphatic rings. The molecule has 2 rings (SSSR count). The number of carbonyl (C=O) groups excluding carboxylic acids is 2. The van der Waals surface area contributed by atoms with Crippen LogP contribution in [0.2, 0.25) is 0 Å². The van der Waals surface area contributed by atoms with Crippen LogP contribution in [-0.4, -0.2) is 29.5 Å². The number of aryl methyl sites for hydroxylation is 1. The second-order valence-corrected chi connectivity index (χ2v) is 7.57. The van der Waals surface area contributed by atoms with E-state index < -0.39 is 30.5 Å². The van der Waals surface area contributed by atoms with Gasteiger partial charge in [0.2, 0.25) is 0 Å². The van der Waals surface area contributed by atoms with Crippen molar-refractivity contribution in [1.82, 2.24) is 10.3 Å². The molecule has 5 nitrogen and oxygen atoms in total. The molecule has 1 aromatic heterocycles. The number of carbonyl (C=O) groups is 2. The number of alkyl halides is 3. The van der Waals surface area contributed by atoms with Crippen LogP contribution >= 0.6 is 0 Å². The Hall–Kier alpha value is -2.97. The summed E-state index contributed by atoms with van der Waals surface area (Å²) in [6.45, 7) is 5.50. The number of pyridine rings is 1. The van der Waals surface area contributed by atoms with Crippen LogP contribution < -0.4 is 10.1 Å². The van der Waals surface area contributed by atoms with E-state index in [1.165, 1.54) is 0 Å². The summed E-state index contributed by atoms with van der Waals surface area (Å²) in [7, 11) is 0. The van der Waals surface area contributed by atoms with Crippen LogP contribution in [0.25, 0.3) is 0 Å². The molecular formula is C22H24F4N2O3. The Labute approximate surface area is 177 Å². The van der Waals surface area contributed by atoms with E-state index in [2.05, 4.69) is 15.0 Å². The number of nitrogens with one attached hydrogen (secondary N) is 1. The molecule has 1 atom stereocenters. The van der Waals surface area contributed by atoms with Gasteiger partial charge in [0.1, 0.15) is 17.3 Å². The molecule has 0 bridgehead atoms. The molecule has 1 N–H and O–H groups in total. The molecule has 1 aromatic carbocycles. The van der Waals surface area contributed by atoms with Crippen molar-refractivity contribution in [2.75, 3.05) is 6.61 Å². The normalized spacial score (nSPS) is 12.5. The molecule has 0 spiro atoms. The smallest absolute Gasteiger partial charge is 0.422 e. The SMILES string of the molecule is Cc1cc(C(C)NC(=O)c2ccc(OCC(F)(F)F)cc2F)cc(CC(=O)C(C)C)n1. The second kappa shape index (κ2) is 9.89. The molecule has 9 heteroatoms. The highest BCUT2D eigenvalue weighted by Gasteiger charge is 2.28. The topological polar surface area (TPSA) is 68.3 Å². The number of aromatic nitrogens is 1. The first-order valence-electron chi connectivity index (χ1n) is 9.66. The summed E-state index contributed by atoms with van der Waals surface area (Å²) in [6, 6.07) is 5.83. The van der Waals surface area contributed by atoms with Gasteiger partial charge >= 0.3 is 6.18 Å². The standard InChI is InChI=1S/C22H24F4N2O3/c1-12(2)20(29)9-16-8-15(7-13(3)27-16)14(4)28-21(30)18-6-5-17(10-19(18)23)31-11-22(24,25)26/h5-8,10,12,14H,9,11H2,1-4H3,(H,28,30). The fourth-order valence-corrected chi connectivity index (χ4v) is 2.78. The summed E-state index contributed by atoms with van der Waals surface area (Å²) in [5, 5.41) is 2.65. The average Bonchev–Trinajstić information content (AvgIpc) is 2.65. The molecule has 1 heterocycles. The van der Waals surface area contributed by atoms with E-state index in [0.717, 1.165) is 18.2 Å². The minimum absolute atomic E-state index is 0.0376. The third-order valence-corrected chi connectivity index (χ3v) is 4.46. The van der Waals surface area contributed by atoms with Crippen LogP contribution in [0.15, 0.2) is 30.3 Å². The predicted molar refractivity (Wildman–Crippen MR) is 106 cm³/mol. The molecule has 0 saturated heterocycles. The van der Waals surface area contributed by atoms with E-state index in [-0.39, 0.29) is 29.4 Å². The quantitative estimate of drug-likeness (QED) is 0.603. The van der Waals surface area contributed by atoms with Crippen LogP contribution in [0.1, 0.15) is 54.1 Å². The molecule has 168 valence electrons. The number of halogens is 4. The number of nitrogens with zero attached hydrogens (tertiary/aromatic N) is 1. The van der Waals surface area contributed by atoms with E-state index in [0.29, 0.717) is 17.0 Å². The van der Waals surface area contributed by atoms with Crippen LogP contribution in [0.3, 0.4) is 0 Å². The van der Waals surface area contributed by atoms with Crippen LogP contribution in [-0.2, 0) is 11.2 Å². The first-order valence-corrected chi connectivity index (χ1v) is 9.66. The molecule has 0 saturated carbocycles. The highest BCUT2D eigenvalue weighted by molar-refractivity contribution is 5.94. The average molecular weight is 440 g/mol. The highest BCUT2D eigenvalue weighted by Crippen LogP contribution is 2.22. The summed E-state index contributed by atoms with van der Waals surface area (Å²) in [6.07, 6.45) is -4.38. The van der Waals surface area contributed by atoms with E-state index in [9.17, 15) is 27.2 Å². The lowest BCUT2D eigenvalue weighted by Gasteiger charge is -2.17. The van der Waals surface area contributed by atoms with Crippen LogP contribution in [0.4, 0.5) is 17.6 Å². The predicted octanol–water partition coefficient (Wildman–Crippen LogP) is 4.73. The van der Waals surface area contributed by atoms with Crippen molar-refractivity contribution >= 4 is 11.7 Å². The Morgan fingerprint density at radius 2 is 1.81 bits per heavy atom. The van der Waals surface area contributed by atoms with Gasteiger partial charge in [-0.15, -0.1) is 0 Å². The summed E-state index contributed by atoms with van der Waals surface area (Å²) in [5.74, 6) is -2.16. The molecule has 0 radical (unpaired) electrons. The molecule has 0 fully saturated rings. The van der Waals surface area contributed by atoms with E-state index in [1.54, 1.807) is 39.8 Å². The fraction of sp³-hybridized carbons (Fsp3) is 0.409. The summed E-state index contributed by atoms with van der Waals surface area (Å²) < 4.78 is 55.4. The number of hydrogen-bond donors (Lipinski definition) is 1. The van der Waals surface area contributed by atoms with Gasteiger partial charge in [-0.2, -0.15) is 13.2 Å². The molecule has 0 aliphatic carbocycles. The lowest BCUT2D eigenvalue weighted by atomic mass is 10.0. The Bertz CT molecular complexity index is 958. The van der Waals surface area contributed by atoms with Gasteiger partial charge in [0.15, 0.2) is 6.61 Å². The van der Waals surface area contributed by atoms with Crippen molar-refractivity contribution in [2.24, 2.45) is 5.92 Å². The number of ketones is 1. The minimum Gasteiger partial charge on any atom is -0.484 e. The zero-order valence-corrected chi connectivity index (χ0v) is 17.6. The maximum Gasteiger partial charge on any atom is 0.422 e. The van der Waals surface area contributed by atoms with E-state index >= 15 is 0 Å². The Morgan fingerprint density at radius 1 is 1.13 bits per heavy atom. The first-order chi connectivity index (χ1) is 14.4. The lowest BCUT2D eigenvalue weighted by Crippen LogP contribution is -2.28. The maximum atomic E-state index is 14.3. The van der Waals surface area contributed by atoms with E-state index in [1.807, 2.05) is 0 Å². The number of Topliss-reactive ketones (excluding diaryl/α,β-unsaturated/α-hetero) is 1. The van der Waals surface area contributed by atoms with Gasteiger partial charge in [0, 0.05) is 29.8 Å². The second-order valence-electron chi connectivity index (χ2n) is 7.57. The van der Waals surface area contributed by atoms with Crippen LogP contribution in [0, 0.1) is 18.7 Å². The monoisotopic (exact) mass is 440 g/mol. The van der Waals surface area contributed by atoms with Gasteiger partial charge in [0.05, 0.1) is 11.6 Å². The fourth-order valence-electron chi connectivity index (χ4n) is 2.78. The summed E-state index contributed by atoms with van der Waals surface area (Å²) >= 11 is 0. The Balaban J connectivity index is 2.11. The number of ether oxygens (including phenoxy) is 1. The third kappa shape index (κ3) is 7.34. The highest BCUT2D eigenvalue weighted by atomic mass is 19.4. The zero-order valence-electron chi connectivity index (χ0n) is 17.6. The van der Waals surface area contributed by atoms with Gasteiger partial charge in [0.25, 0.3) is 5.91 Å².